The second-order valence-electron chi connectivity index (χ2n) is 10.9. The van der Waals surface area contributed by atoms with Crippen molar-refractivity contribution in [3.8, 4) is 11.5 Å². The van der Waals surface area contributed by atoms with Crippen LogP contribution >= 0.6 is 6.34 Å². The molecule has 3 aliphatic heterocycles. The second-order valence-corrected chi connectivity index (χ2v) is 14.7. The maximum atomic E-state index is 6.70. The van der Waals surface area contributed by atoms with Crippen molar-refractivity contribution in [2.75, 3.05) is 28.6 Å². The maximum Gasteiger partial charge on any atom is 0.231 e. The van der Waals surface area contributed by atoms with Crippen LogP contribution in [0.5, 0.6) is 11.5 Å². The van der Waals surface area contributed by atoms with Gasteiger partial charge < -0.3 is 19.5 Å². The van der Waals surface area contributed by atoms with Crippen LogP contribution in [0.25, 0.3) is 0 Å². The Morgan fingerprint density at radius 2 is 1.67 bits per heavy atom. The molecule has 0 aliphatic carbocycles. The lowest BCUT2D eigenvalue weighted by atomic mass is 9.84. The molecule has 1 N–H and O–H groups in total. The summed E-state index contributed by atoms with van der Waals surface area (Å²) in [6.07, 6.45) is 1.05. The molecule has 0 amide bonds. The van der Waals surface area contributed by atoms with E-state index in [1.54, 1.807) is 0 Å². The molecule has 210 valence electrons. The molecule has 0 aromatic heterocycles. The van der Waals surface area contributed by atoms with Gasteiger partial charge in [-0.15, -0.1) is 0 Å². The lowest BCUT2D eigenvalue weighted by Gasteiger charge is -2.34. The van der Waals surface area contributed by atoms with Crippen molar-refractivity contribution >= 4 is 53.3 Å². The minimum absolute atomic E-state index is 0.238. The number of benzene rings is 4. The van der Waals surface area contributed by atoms with Crippen LogP contribution in [0.15, 0.2) is 118 Å². The molecule has 0 saturated carbocycles. The zero-order valence-electron chi connectivity index (χ0n) is 23.6. The molecule has 9 heteroatoms. The molecule has 0 radical (unpaired) electrons. The number of hydrogen-bond donors (Lipinski definition) is 1. The van der Waals surface area contributed by atoms with E-state index in [0.717, 1.165) is 45.1 Å². The Balaban J connectivity index is 1.32. The number of hydrogen-bond acceptors (Lipinski definition) is 6. The molecule has 0 spiro atoms. The first-order valence-corrected chi connectivity index (χ1v) is 16.5. The van der Waals surface area contributed by atoms with Gasteiger partial charge in [0.25, 0.3) is 0 Å². The van der Waals surface area contributed by atoms with E-state index in [4.69, 9.17) is 31.4 Å². The van der Waals surface area contributed by atoms with Crippen LogP contribution < -0.4 is 24.2 Å². The van der Waals surface area contributed by atoms with Crippen molar-refractivity contribution in [1.82, 2.24) is 0 Å². The summed E-state index contributed by atoms with van der Waals surface area (Å²) in [6, 6.07) is 32.5. The monoisotopic (exact) mass is 591 g/mol. The number of likely N-dealkylation sites (N-methyl/N-ethyl adjacent to an activating group) is 1. The van der Waals surface area contributed by atoms with E-state index in [1.807, 2.05) is 77.9 Å². The van der Waals surface area contributed by atoms with E-state index >= 15 is 0 Å². The van der Waals surface area contributed by atoms with Gasteiger partial charge in [0.15, 0.2) is 17.8 Å². The van der Waals surface area contributed by atoms with Gasteiger partial charge >= 0.3 is 0 Å². The summed E-state index contributed by atoms with van der Waals surface area (Å²) in [5, 5.41) is 9.78. The molecular formula is C33H30N5O2PS. The summed E-state index contributed by atoms with van der Waals surface area (Å²) in [7, 11) is 2.12. The van der Waals surface area contributed by atoms with Gasteiger partial charge in [-0.05, 0) is 71.5 Å². The van der Waals surface area contributed by atoms with E-state index in [0.29, 0.717) is 0 Å². The number of nitrogens with one attached hydrogen (secondary N) is 1. The van der Waals surface area contributed by atoms with Gasteiger partial charge in [-0.2, -0.15) is 5.10 Å². The Labute approximate surface area is 250 Å². The van der Waals surface area contributed by atoms with Gasteiger partial charge in [0.05, 0.1) is 28.6 Å². The maximum absolute atomic E-state index is 6.70. The third-order valence-electron chi connectivity index (χ3n) is 7.90. The largest absolute Gasteiger partial charge is 0.454 e. The molecule has 0 unspecified atom stereocenters. The summed E-state index contributed by atoms with van der Waals surface area (Å²) in [4.78, 5) is 7.15. The Bertz CT molecular complexity index is 1840. The van der Waals surface area contributed by atoms with Crippen LogP contribution in [0.2, 0.25) is 0 Å². The van der Waals surface area contributed by atoms with Crippen molar-refractivity contribution in [2.45, 2.75) is 19.3 Å². The van der Waals surface area contributed by atoms with Gasteiger partial charge in [-0.25, -0.2) is 4.78 Å². The van der Waals surface area contributed by atoms with Crippen LogP contribution in [-0.4, -0.2) is 26.3 Å². The first-order chi connectivity index (χ1) is 20.4. The second kappa shape index (κ2) is 10.2. The number of hydrazone groups is 1. The van der Waals surface area contributed by atoms with Crippen molar-refractivity contribution in [3.63, 3.8) is 0 Å². The Morgan fingerprint density at radius 1 is 0.929 bits per heavy atom. The molecule has 4 aromatic rings. The average molecular weight is 592 g/mol. The lowest BCUT2D eigenvalue weighted by molar-refractivity contribution is 0.174. The van der Waals surface area contributed by atoms with Crippen LogP contribution in [0.3, 0.4) is 0 Å². The topological polar surface area (TPSA) is 61.7 Å². The third kappa shape index (κ3) is 4.30. The third-order valence-corrected chi connectivity index (χ3v) is 11.6. The van der Waals surface area contributed by atoms with Crippen LogP contribution in [-0.2, 0) is 17.2 Å². The fraction of sp³-hybridized carbons (Fsp3) is 0.152. The van der Waals surface area contributed by atoms with Crippen LogP contribution in [0.4, 0.5) is 22.7 Å². The van der Waals surface area contributed by atoms with Gasteiger partial charge in [0.1, 0.15) is 0 Å². The van der Waals surface area contributed by atoms with Gasteiger partial charge in [-0.1, -0.05) is 62.4 Å². The summed E-state index contributed by atoms with van der Waals surface area (Å²) in [5.74, 6) is 1.47. The Kier molecular flexibility index (Phi) is 6.41. The molecule has 42 heavy (non-hydrogen) atoms. The number of aliphatic imine (C=N–C) groups is 1. The highest BCUT2D eigenvalue weighted by atomic mass is 32.4. The molecule has 7 rings (SSSR count). The molecular weight excluding hydrogens is 561 g/mol. The number of para-hydroxylation sites is 4. The lowest BCUT2D eigenvalue weighted by Crippen LogP contribution is -2.26. The summed E-state index contributed by atoms with van der Waals surface area (Å²) >= 11 is 6.70. The van der Waals surface area contributed by atoms with Crippen molar-refractivity contribution in [2.24, 2.45) is 10.1 Å². The van der Waals surface area contributed by atoms with Crippen molar-refractivity contribution in [1.29, 1.82) is 0 Å². The summed E-state index contributed by atoms with van der Waals surface area (Å²) in [5.41, 5.74) is 6.85. The predicted octanol–water partition coefficient (Wildman–Crippen LogP) is 8.03. The van der Waals surface area contributed by atoms with E-state index in [1.165, 1.54) is 11.3 Å². The number of allylic oxidation sites excluding steroid dienone is 2. The van der Waals surface area contributed by atoms with Crippen molar-refractivity contribution < 1.29 is 9.47 Å². The first-order valence-electron chi connectivity index (χ1n) is 13.8. The molecule has 4 aromatic carbocycles. The predicted molar refractivity (Wildman–Crippen MR) is 176 cm³/mol. The molecule has 1 atom stereocenters. The van der Waals surface area contributed by atoms with Crippen molar-refractivity contribution in [3.05, 3.63) is 119 Å². The number of fused-ring (bicyclic) bond motifs is 2. The van der Waals surface area contributed by atoms with Gasteiger partial charge in [-0.3, -0.25) is 4.99 Å². The minimum atomic E-state index is -2.74. The highest BCUT2D eigenvalue weighted by Gasteiger charge is 2.46. The smallest absolute Gasteiger partial charge is 0.231 e. The first kappa shape index (κ1) is 26.5. The van der Waals surface area contributed by atoms with Crippen LogP contribution in [0, 0.1) is 0 Å². The number of nitrogens with zero attached hydrogens (tertiary/aromatic N) is 4. The molecule has 3 aliphatic rings. The van der Waals surface area contributed by atoms with E-state index in [2.05, 4.69) is 67.3 Å². The quantitative estimate of drug-likeness (QED) is 0.187. The highest BCUT2D eigenvalue weighted by molar-refractivity contribution is 8.18. The summed E-state index contributed by atoms with van der Waals surface area (Å²) in [6.45, 7) is 4.77. The number of rotatable bonds is 5. The Morgan fingerprint density at radius 3 is 2.50 bits per heavy atom. The SMILES string of the molecule is CN1/C(=C2/C=NN(c3ccccc3)[P@@]2(=S)Nc2ccccc2N=Cc2ccc3c(c2)OCO3)C(C)(C)c2ccccc21. The molecule has 0 fully saturated rings. The standard InChI is InChI=1S/C33H30N5O2PS/c1-33(2)25-13-7-10-16-28(25)37(3)32(33)31-21-35-38(24-11-5-4-6-12-24)41(31,42)36-27-15-9-8-14-26(27)34-20-23-17-18-29-30(19-23)40-22-39-29/h4-21H,22H2,1-3H3,(H,36,42)/b32-31-,34-20?/t41-/m0/s1. The normalized spacial score (nSPS) is 21.8. The molecule has 0 bridgehead atoms. The summed E-state index contributed by atoms with van der Waals surface area (Å²) < 4.78 is 13.0. The van der Waals surface area contributed by atoms with Crippen LogP contribution in [0.1, 0.15) is 25.0 Å². The molecule has 7 nitrogen and oxygen atoms in total. The van der Waals surface area contributed by atoms with E-state index in [9.17, 15) is 0 Å². The van der Waals surface area contributed by atoms with E-state index in [-0.39, 0.29) is 12.2 Å². The van der Waals surface area contributed by atoms with Gasteiger partial charge in [0.2, 0.25) is 6.79 Å². The number of anilines is 3. The van der Waals surface area contributed by atoms with E-state index < -0.39 is 6.34 Å². The van der Waals surface area contributed by atoms with Gasteiger partial charge in [0, 0.05) is 30.1 Å². The highest BCUT2D eigenvalue weighted by Crippen LogP contribution is 2.65. The zero-order valence-corrected chi connectivity index (χ0v) is 25.3. The zero-order chi connectivity index (χ0) is 28.9. The molecule has 3 heterocycles. The fourth-order valence-corrected chi connectivity index (χ4v) is 9.52. The minimum Gasteiger partial charge on any atom is -0.454 e. The molecule has 0 saturated heterocycles. The fourth-order valence-electron chi connectivity index (χ4n) is 5.90. The number of ether oxygens (including phenoxy) is 2. The average Bonchev–Trinajstić information content (AvgIpc) is 3.66. The Hall–Kier alpha value is -4.39.